The van der Waals surface area contributed by atoms with E-state index in [1.54, 1.807) is 12.1 Å². The van der Waals surface area contributed by atoms with Crippen molar-refractivity contribution in [2.24, 2.45) is 5.73 Å². The van der Waals surface area contributed by atoms with E-state index in [0.717, 1.165) is 28.2 Å². The molecule has 1 amide bonds. The van der Waals surface area contributed by atoms with Gasteiger partial charge in [-0.25, -0.2) is 0 Å². The molecule has 37 heavy (non-hydrogen) atoms. The lowest BCUT2D eigenvalue weighted by molar-refractivity contribution is -0.140. The Hall–Kier alpha value is -3.80. The quantitative estimate of drug-likeness (QED) is 0.247. The number of carbonyl (C=O) groups is 1. The molecular weight excluding hydrogens is 462 g/mol. The van der Waals surface area contributed by atoms with Crippen molar-refractivity contribution >= 4 is 11.7 Å². The smallest absolute Gasteiger partial charge is 0.233 e. The van der Waals surface area contributed by atoms with Crippen LogP contribution in [0, 0.1) is 5.41 Å². The summed E-state index contributed by atoms with van der Waals surface area (Å²) < 4.78 is 11.9. The van der Waals surface area contributed by atoms with Crippen LogP contribution >= 0.6 is 0 Å². The molecule has 0 atom stereocenters. The summed E-state index contributed by atoms with van der Waals surface area (Å²) in [7, 11) is 0. The highest BCUT2D eigenvalue weighted by molar-refractivity contribution is 5.95. The summed E-state index contributed by atoms with van der Waals surface area (Å²) in [4.78, 5) is 15.3. The molecule has 6 nitrogen and oxygen atoms in total. The number of hydrogen-bond donors (Lipinski definition) is 2. The predicted octanol–water partition coefficient (Wildman–Crippen LogP) is 6.05. The molecule has 0 spiro atoms. The molecule has 0 aliphatic rings. The zero-order valence-electron chi connectivity index (χ0n) is 22.7. The monoisotopic (exact) mass is 501 g/mol. The van der Waals surface area contributed by atoms with Gasteiger partial charge in [0, 0.05) is 17.6 Å². The van der Waals surface area contributed by atoms with Crippen molar-refractivity contribution in [1.82, 2.24) is 4.90 Å². The van der Waals surface area contributed by atoms with Gasteiger partial charge in [-0.05, 0) is 101 Å². The van der Waals surface area contributed by atoms with Gasteiger partial charge in [-0.3, -0.25) is 10.2 Å². The minimum Gasteiger partial charge on any atom is -0.489 e. The van der Waals surface area contributed by atoms with Crippen LogP contribution in [0.15, 0.2) is 72.8 Å². The number of nitrogens with two attached hydrogens (primary N) is 1. The van der Waals surface area contributed by atoms with E-state index in [1.165, 1.54) is 0 Å². The Morgan fingerprint density at radius 1 is 0.838 bits per heavy atom. The molecule has 0 saturated carbocycles. The Kier molecular flexibility index (Phi) is 8.98. The van der Waals surface area contributed by atoms with Gasteiger partial charge in [0.1, 0.15) is 30.5 Å². The van der Waals surface area contributed by atoms with Crippen LogP contribution in [0.5, 0.6) is 11.5 Å². The maximum atomic E-state index is 13.3. The second-order valence-corrected chi connectivity index (χ2v) is 10.4. The molecule has 0 aromatic heterocycles. The lowest BCUT2D eigenvalue weighted by atomic mass is 9.82. The average molecular weight is 502 g/mol. The Balaban J connectivity index is 1.59. The van der Waals surface area contributed by atoms with Crippen molar-refractivity contribution in [2.45, 2.75) is 72.3 Å². The normalized spacial score (nSPS) is 11.5. The van der Waals surface area contributed by atoms with Gasteiger partial charge in [0.25, 0.3) is 0 Å². The fourth-order valence-corrected chi connectivity index (χ4v) is 4.35. The lowest BCUT2D eigenvalue weighted by Crippen LogP contribution is -2.50. The number of nitrogen functional groups attached to an aromatic ring is 1. The average Bonchev–Trinajstić information content (AvgIpc) is 2.86. The van der Waals surface area contributed by atoms with Crippen LogP contribution in [0.4, 0.5) is 0 Å². The van der Waals surface area contributed by atoms with Crippen LogP contribution in [0.25, 0.3) is 0 Å². The summed E-state index contributed by atoms with van der Waals surface area (Å²) in [6.45, 7) is 13.0. The molecule has 3 aromatic rings. The van der Waals surface area contributed by atoms with Crippen LogP contribution in [-0.2, 0) is 23.4 Å². The van der Waals surface area contributed by atoms with Crippen molar-refractivity contribution in [1.29, 1.82) is 5.41 Å². The molecule has 3 aromatic carbocycles. The fraction of sp³-hybridized carbons (Fsp3) is 0.355. The second-order valence-electron chi connectivity index (χ2n) is 10.4. The molecule has 0 unspecified atom stereocenters. The second kappa shape index (κ2) is 12.0. The Labute approximate surface area is 220 Å². The van der Waals surface area contributed by atoms with E-state index in [0.29, 0.717) is 18.8 Å². The van der Waals surface area contributed by atoms with E-state index < -0.39 is 5.41 Å². The molecule has 3 N–H and O–H groups in total. The summed E-state index contributed by atoms with van der Waals surface area (Å²) in [5.41, 5.74) is 8.58. The van der Waals surface area contributed by atoms with Gasteiger partial charge < -0.3 is 20.1 Å². The molecule has 6 heteroatoms. The van der Waals surface area contributed by atoms with Gasteiger partial charge >= 0.3 is 0 Å². The van der Waals surface area contributed by atoms with E-state index in [-0.39, 0.29) is 23.8 Å². The van der Waals surface area contributed by atoms with Crippen molar-refractivity contribution in [3.8, 4) is 11.5 Å². The third kappa shape index (κ3) is 7.13. The van der Waals surface area contributed by atoms with E-state index in [1.807, 2.05) is 73.3 Å². The third-order valence-corrected chi connectivity index (χ3v) is 6.43. The SMILES string of the molecule is CC(C)N(C(=O)C(C)(C)c1ccc(OCc2cccc(COc3ccc(C(=N)N)cc3)c2)cc1)C(C)C. The number of nitrogens with zero attached hydrogens (tertiary/aromatic N) is 1. The Bertz CT molecular complexity index is 1190. The number of benzene rings is 3. The van der Waals surface area contributed by atoms with Crippen molar-refractivity contribution in [2.75, 3.05) is 0 Å². The van der Waals surface area contributed by atoms with Crippen LogP contribution in [0.3, 0.4) is 0 Å². The first-order chi connectivity index (χ1) is 17.5. The maximum absolute atomic E-state index is 13.3. The van der Waals surface area contributed by atoms with E-state index >= 15 is 0 Å². The van der Waals surface area contributed by atoms with E-state index in [9.17, 15) is 4.79 Å². The molecule has 0 radical (unpaired) electrons. The lowest BCUT2D eigenvalue weighted by Gasteiger charge is -2.37. The summed E-state index contributed by atoms with van der Waals surface area (Å²) in [6, 6.07) is 23.4. The Morgan fingerprint density at radius 2 is 1.30 bits per heavy atom. The zero-order chi connectivity index (χ0) is 27.2. The minimum atomic E-state index is -0.631. The predicted molar refractivity (Wildman–Crippen MR) is 149 cm³/mol. The van der Waals surface area contributed by atoms with E-state index in [4.69, 9.17) is 20.6 Å². The molecule has 0 aliphatic carbocycles. The highest BCUT2D eigenvalue weighted by Crippen LogP contribution is 2.29. The third-order valence-electron chi connectivity index (χ3n) is 6.43. The number of amides is 1. The number of hydrogen-bond acceptors (Lipinski definition) is 4. The fourth-order valence-electron chi connectivity index (χ4n) is 4.35. The highest BCUT2D eigenvalue weighted by atomic mass is 16.5. The minimum absolute atomic E-state index is 0.0370. The van der Waals surface area contributed by atoms with Gasteiger partial charge in [0.15, 0.2) is 0 Å². The number of nitrogens with one attached hydrogen (secondary N) is 1. The topological polar surface area (TPSA) is 88.6 Å². The molecule has 196 valence electrons. The first-order valence-corrected chi connectivity index (χ1v) is 12.7. The molecule has 3 rings (SSSR count). The number of rotatable bonds is 11. The maximum Gasteiger partial charge on any atom is 0.233 e. The molecule has 0 fully saturated rings. The van der Waals surface area contributed by atoms with E-state index in [2.05, 4.69) is 33.8 Å². The van der Waals surface area contributed by atoms with Gasteiger partial charge in [0.05, 0.1) is 5.41 Å². The summed E-state index contributed by atoms with van der Waals surface area (Å²) in [6.07, 6.45) is 0. The first-order valence-electron chi connectivity index (χ1n) is 12.7. The van der Waals surface area contributed by atoms with Crippen LogP contribution in [0.2, 0.25) is 0 Å². The van der Waals surface area contributed by atoms with Crippen LogP contribution in [-0.4, -0.2) is 28.7 Å². The van der Waals surface area contributed by atoms with Crippen molar-refractivity contribution in [3.63, 3.8) is 0 Å². The van der Waals surface area contributed by atoms with Crippen molar-refractivity contribution < 1.29 is 14.3 Å². The Morgan fingerprint density at radius 3 is 1.73 bits per heavy atom. The highest BCUT2D eigenvalue weighted by Gasteiger charge is 2.35. The summed E-state index contributed by atoms with van der Waals surface area (Å²) in [5.74, 6) is 1.64. The van der Waals surface area contributed by atoms with Crippen molar-refractivity contribution in [3.05, 3.63) is 95.1 Å². The zero-order valence-corrected chi connectivity index (χ0v) is 22.7. The standard InChI is InChI=1S/C31H39N3O3/c1-21(2)34(22(3)4)30(35)31(5,6)26-12-16-28(17-13-26)37-20-24-9-7-8-23(18-24)19-36-27-14-10-25(11-15-27)29(32)33/h7-18,21-22H,19-20H2,1-6H3,(H3,32,33). The largest absolute Gasteiger partial charge is 0.489 e. The van der Waals surface area contributed by atoms with Gasteiger partial charge in [-0.15, -0.1) is 0 Å². The van der Waals surface area contributed by atoms with Gasteiger partial charge in [-0.1, -0.05) is 30.3 Å². The summed E-state index contributed by atoms with van der Waals surface area (Å²) >= 11 is 0. The molecular formula is C31H39N3O3. The molecule has 0 saturated heterocycles. The molecule has 0 bridgehead atoms. The first kappa shape index (κ1) is 27.8. The summed E-state index contributed by atoms with van der Waals surface area (Å²) in [5, 5.41) is 7.48. The van der Waals surface area contributed by atoms with Gasteiger partial charge in [0.2, 0.25) is 5.91 Å². The van der Waals surface area contributed by atoms with Crippen LogP contribution in [0.1, 0.15) is 63.8 Å². The van der Waals surface area contributed by atoms with Gasteiger partial charge in [-0.2, -0.15) is 0 Å². The molecule has 0 heterocycles. The molecule has 0 aliphatic heterocycles. The number of amidine groups is 1. The number of ether oxygens (including phenoxy) is 2. The van der Waals surface area contributed by atoms with Crippen LogP contribution < -0.4 is 15.2 Å². The number of carbonyl (C=O) groups excluding carboxylic acids is 1.